The molecular formula is C13H11N5O2S. The van der Waals surface area contributed by atoms with Gasteiger partial charge in [0.05, 0.1) is 22.0 Å². The Labute approximate surface area is 124 Å². The topological polar surface area (TPSA) is 82.8 Å². The molecule has 0 aliphatic heterocycles. The fourth-order valence-corrected chi connectivity index (χ4v) is 2.32. The number of nitrogens with zero attached hydrogens (tertiary/aromatic N) is 5. The minimum absolute atomic E-state index is 0.178. The van der Waals surface area contributed by atoms with Crippen LogP contribution in [0.4, 0.5) is 0 Å². The van der Waals surface area contributed by atoms with Crippen LogP contribution in [0.25, 0.3) is 5.69 Å². The Balaban J connectivity index is 1.65. The van der Waals surface area contributed by atoms with Gasteiger partial charge in [0.2, 0.25) is 0 Å². The zero-order valence-electron chi connectivity index (χ0n) is 11.1. The number of carbonyl (C=O) groups excluding carboxylic acids is 1. The van der Waals surface area contributed by atoms with Gasteiger partial charge in [-0.05, 0) is 41.6 Å². The molecule has 0 saturated heterocycles. The summed E-state index contributed by atoms with van der Waals surface area (Å²) in [7, 11) is 0. The molecule has 21 heavy (non-hydrogen) atoms. The summed E-state index contributed by atoms with van der Waals surface area (Å²) >= 11 is 1.53. The van der Waals surface area contributed by atoms with Gasteiger partial charge in [-0.3, -0.25) is 0 Å². The largest absolute Gasteiger partial charge is 0.456 e. The van der Waals surface area contributed by atoms with Gasteiger partial charge >= 0.3 is 5.97 Å². The number of thiazole rings is 1. The fraction of sp³-hybridized carbons (Fsp3) is 0.154. The van der Waals surface area contributed by atoms with Crippen molar-refractivity contribution in [2.45, 2.75) is 13.5 Å². The number of carbonyl (C=O) groups is 1. The summed E-state index contributed by atoms with van der Waals surface area (Å²) in [6.07, 6.45) is 1.48. The number of benzene rings is 1. The van der Waals surface area contributed by atoms with Crippen LogP contribution in [0, 0.1) is 6.92 Å². The first-order chi connectivity index (χ1) is 10.2. The number of tetrazole rings is 1. The van der Waals surface area contributed by atoms with Gasteiger partial charge in [0, 0.05) is 5.38 Å². The number of hydrogen-bond acceptors (Lipinski definition) is 7. The first kappa shape index (κ1) is 13.4. The molecule has 0 bridgehead atoms. The number of rotatable bonds is 4. The number of ether oxygens (including phenoxy) is 1. The van der Waals surface area contributed by atoms with Crippen LogP contribution >= 0.6 is 11.3 Å². The lowest BCUT2D eigenvalue weighted by atomic mass is 10.2. The van der Waals surface area contributed by atoms with Gasteiger partial charge in [0.1, 0.15) is 12.9 Å². The zero-order chi connectivity index (χ0) is 14.7. The highest BCUT2D eigenvalue weighted by Gasteiger charge is 2.09. The van der Waals surface area contributed by atoms with Gasteiger partial charge in [0.25, 0.3) is 0 Å². The van der Waals surface area contributed by atoms with Crippen molar-refractivity contribution in [2.75, 3.05) is 0 Å². The van der Waals surface area contributed by atoms with Crippen molar-refractivity contribution in [1.29, 1.82) is 0 Å². The molecule has 3 aromatic rings. The molecule has 0 radical (unpaired) electrons. The maximum Gasteiger partial charge on any atom is 0.338 e. The third-order valence-corrected chi connectivity index (χ3v) is 3.56. The highest BCUT2D eigenvalue weighted by molar-refractivity contribution is 7.09. The Morgan fingerprint density at radius 2 is 2.14 bits per heavy atom. The summed E-state index contributed by atoms with van der Waals surface area (Å²) in [6, 6.07) is 6.84. The molecule has 0 N–H and O–H groups in total. The Hall–Kier alpha value is -2.61. The van der Waals surface area contributed by atoms with E-state index in [-0.39, 0.29) is 12.6 Å². The SMILES string of the molecule is Cc1nc(COC(=O)c2ccc(-n3cnnn3)cc2)cs1. The highest BCUT2D eigenvalue weighted by atomic mass is 32.1. The normalized spacial score (nSPS) is 10.5. The lowest BCUT2D eigenvalue weighted by molar-refractivity contribution is 0.0468. The Morgan fingerprint density at radius 3 is 2.76 bits per heavy atom. The summed E-state index contributed by atoms with van der Waals surface area (Å²) < 4.78 is 6.72. The molecule has 0 fully saturated rings. The summed E-state index contributed by atoms with van der Waals surface area (Å²) in [5, 5.41) is 13.7. The van der Waals surface area contributed by atoms with E-state index in [0.717, 1.165) is 16.4 Å². The van der Waals surface area contributed by atoms with E-state index in [1.165, 1.54) is 22.3 Å². The standard InChI is InChI=1S/C13H11N5O2S/c1-9-15-11(7-21-9)6-20-13(19)10-2-4-12(5-3-10)18-8-14-16-17-18/h2-5,7-8H,6H2,1H3. The van der Waals surface area contributed by atoms with E-state index in [9.17, 15) is 4.79 Å². The predicted octanol–water partition coefficient (Wildman–Crippen LogP) is 1.78. The molecule has 3 rings (SSSR count). The molecule has 0 atom stereocenters. The van der Waals surface area contributed by atoms with Crippen LogP contribution in [-0.2, 0) is 11.3 Å². The van der Waals surface area contributed by atoms with Crippen LogP contribution in [0.5, 0.6) is 0 Å². The Kier molecular flexibility index (Phi) is 3.69. The number of aryl methyl sites for hydroxylation is 1. The van der Waals surface area contributed by atoms with Gasteiger partial charge in [-0.2, -0.15) is 0 Å². The van der Waals surface area contributed by atoms with Crippen molar-refractivity contribution in [3.8, 4) is 5.69 Å². The second-order valence-electron chi connectivity index (χ2n) is 4.24. The molecule has 0 amide bonds. The maximum atomic E-state index is 11.9. The van der Waals surface area contributed by atoms with Gasteiger partial charge in [-0.25, -0.2) is 14.5 Å². The first-order valence-electron chi connectivity index (χ1n) is 6.14. The van der Waals surface area contributed by atoms with Crippen LogP contribution < -0.4 is 0 Å². The van der Waals surface area contributed by atoms with Crippen LogP contribution in [0.15, 0.2) is 36.0 Å². The molecule has 0 saturated carbocycles. The molecule has 1 aromatic carbocycles. The van der Waals surface area contributed by atoms with E-state index in [4.69, 9.17) is 4.74 Å². The average Bonchev–Trinajstić information content (AvgIpc) is 3.16. The molecule has 0 aliphatic rings. The van der Waals surface area contributed by atoms with Crippen LogP contribution in [0.2, 0.25) is 0 Å². The average molecular weight is 301 g/mol. The lowest BCUT2D eigenvalue weighted by Gasteiger charge is -2.04. The van der Waals surface area contributed by atoms with E-state index < -0.39 is 0 Å². The Bertz CT molecular complexity index is 736. The minimum Gasteiger partial charge on any atom is -0.456 e. The summed E-state index contributed by atoms with van der Waals surface area (Å²) in [4.78, 5) is 16.2. The summed E-state index contributed by atoms with van der Waals surface area (Å²) in [5.41, 5.74) is 2.00. The first-order valence-corrected chi connectivity index (χ1v) is 7.02. The monoisotopic (exact) mass is 301 g/mol. The van der Waals surface area contributed by atoms with Crippen molar-refractivity contribution in [3.63, 3.8) is 0 Å². The summed E-state index contributed by atoms with van der Waals surface area (Å²) in [6.45, 7) is 2.09. The molecular weight excluding hydrogens is 290 g/mol. The number of aromatic nitrogens is 5. The molecule has 0 aliphatic carbocycles. The highest BCUT2D eigenvalue weighted by Crippen LogP contribution is 2.12. The molecule has 106 valence electrons. The van der Waals surface area contributed by atoms with Crippen molar-refractivity contribution in [2.24, 2.45) is 0 Å². The van der Waals surface area contributed by atoms with Crippen molar-refractivity contribution in [1.82, 2.24) is 25.2 Å². The van der Waals surface area contributed by atoms with Gasteiger partial charge in [-0.15, -0.1) is 16.4 Å². The quantitative estimate of drug-likeness (QED) is 0.683. The van der Waals surface area contributed by atoms with Crippen LogP contribution in [-0.4, -0.2) is 31.2 Å². The second-order valence-corrected chi connectivity index (χ2v) is 5.30. The molecule has 7 nitrogen and oxygen atoms in total. The van der Waals surface area contributed by atoms with E-state index in [1.54, 1.807) is 24.3 Å². The molecule has 0 spiro atoms. The van der Waals surface area contributed by atoms with E-state index in [2.05, 4.69) is 20.5 Å². The lowest BCUT2D eigenvalue weighted by Crippen LogP contribution is -2.06. The van der Waals surface area contributed by atoms with Crippen molar-refractivity contribution < 1.29 is 9.53 Å². The molecule has 0 unspecified atom stereocenters. The third kappa shape index (κ3) is 3.11. The van der Waals surface area contributed by atoms with Crippen LogP contribution in [0.3, 0.4) is 0 Å². The van der Waals surface area contributed by atoms with E-state index in [1.807, 2.05) is 12.3 Å². The van der Waals surface area contributed by atoms with Gasteiger partial charge in [-0.1, -0.05) is 0 Å². The van der Waals surface area contributed by atoms with Crippen molar-refractivity contribution in [3.05, 3.63) is 52.2 Å². The number of esters is 1. The molecule has 8 heteroatoms. The number of hydrogen-bond donors (Lipinski definition) is 0. The van der Waals surface area contributed by atoms with Crippen LogP contribution in [0.1, 0.15) is 21.1 Å². The minimum atomic E-state index is -0.385. The summed E-state index contributed by atoms with van der Waals surface area (Å²) in [5.74, 6) is -0.385. The zero-order valence-corrected chi connectivity index (χ0v) is 11.9. The second kappa shape index (κ2) is 5.80. The smallest absolute Gasteiger partial charge is 0.338 e. The predicted molar refractivity (Wildman–Crippen MR) is 75.1 cm³/mol. The van der Waals surface area contributed by atoms with Crippen molar-refractivity contribution >= 4 is 17.3 Å². The van der Waals surface area contributed by atoms with E-state index >= 15 is 0 Å². The fourth-order valence-electron chi connectivity index (χ4n) is 1.73. The molecule has 2 heterocycles. The third-order valence-electron chi connectivity index (χ3n) is 2.73. The maximum absolute atomic E-state index is 11.9. The van der Waals surface area contributed by atoms with Gasteiger partial charge < -0.3 is 4.74 Å². The van der Waals surface area contributed by atoms with E-state index in [0.29, 0.717) is 5.56 Å². The Morgan fingerprint density at radius 1 is 1.33 bits per heavy atom. The molecule has 2 aromatic heterocycles. The van der Waals surface area contributed by atoms with Gasteiger partial charge in [0.15, 0.2) is 0 Å².